The van der Waals surface area contributed by atoms with Crippen LogP contribution in [0.3, 0.4) is 0 Å². The van der Waals surface area contributed by atoms with Crippen molar-refractivity contribution in [2.24, 2.45) is 0 Å². The largest absolute Gasteiger partial charge is 0.334 e. The normalized spacial score (nSPS) is 13.9. The molecule has 0 atom stereocenters. The average Bonchev–Trinajstić information content (AvgIpc) is 2.93. The Morgan fingerprint density at radius 1 is 1.04 bits per heavy atom. The smallest absolute Gasteiger partial charge is 0.281 e. The van der Waals surface area contributed by atoms with Crippen molar-refractivity contribution in [1.29, 1.82) is 0 Å². The Morgan fingerprint density at radius 2 is 1.64 bits per heavy atom. The highest BCUT2D eigenvalue weighted by atomic mass is 35.5. The molecule has 1 N–H and O–H groups in total. The van der Waals surface area contributed by atoms with Gasteiger partial charge in [0, 0.05) is 13.1 Å². The van der Waals surface area contributed by atoms with Gasteiger partial charge in [0.15, 0.2) is 0 Å². The molecule has 2 aromatic rings. The predicted octanol–water partition coefficient (Wildman–Crippen LogP) is 6.31. The molecule has 28 heavy (non-hydrogen) atoms. The summed E-state index contributed by atoms with van der Waals surface area (Å²) in [7, 11) is 0. The second-order valence-electron chi connectivity index (χ2n) is 5.90. The molecule has 1 fully saturated rings. The number of rotatable bonds is 3. The van der Waals surface area contributed by atoms with E-state index in [1.165, 1.54) is 37.4 Å². The molecule has 1 aromatic heterocycles. The van der Waals surface area contributed by atoms with Gasteiger partial charge in [0.2, 0.25) is 16.5 Å². The molecule has 10 heteroatoms. The lowest BCUT2D eigenvalue weighted by molar-refractivity contribution is 0.225. The molecular weight excluding hydrogens is 441 g/mol. The fraction of sp³-hybridized carbons (Fsp3) is 0.444. The third-order valence-electron chi connectivity index (χ3n) is 3.83. The van der Waals surface area contributed by atoms with Gasteiger partial charge in [0.25, 0.3) is 5.24 Å². The molecule has 0 saturated carbocycles. The molecule has 0 radical (unpaired) electrons. The Bertz CT molecular complexity index is 752. The van der Waals surface area contributed by atoms with Crippen LogP contribution in [0.4, 0.5) is 16.4 Å². The zero-order valence-electron chi connectivity index (χ0n) is 15.5. The molecule has 6 nitrogen and oxygen atoms in total. The second-order valence-corrected chi connectivity index (χ2v) is 8.20. The first-order valence-corrected chi connectivity index (χ1v) is 11.1. The molecule has 0 aliphatic carbocycles. The minimum Gasteiger partial charge on any atom is -0.334 e. The molecule has 1 aliphatic rings. The molecule has 1 saturated heterocycles. The minimum absolute atomic E-state index is 0.0227. The highest BCUT2D eigenvalue weighted by Crippen LogP contribution is 2.23. The highest BCUT2D eigenvalue weighted by Gasteiger charge is 2.14. The van der Waals surface area contributed by atoms with Crippen LogP contribution >= 0.6 is 46.6 Å². The third kappa shape index (κ3) is 7.99. The van der Waals surface area contributed by atoms with Gasteiger partial charge >= 0.3 is 0 Å². The molecule has 0 bridgehead atoms. The first-order valence-electron chi connectivity index (χ1n) is 9.00. The molecule has 3 rings (SSSR count). The Kier molecular flexibility index (Phi) is 10.1. The van der Waals surface area contributed by atoms with Crippen molar-refractivity contribution < 1.29 is 4.79 Å². The monoisotopic (exact) mass is 461 g/mol. The number of likely N-dealkylation sites (tertiary alicyclic amines) is 1. The second kappa shape index (κ2) is 12.3. The fourth-order valence-electron chi connectivity index (χ4n) is 2.53. The molecule has 152 valence electrons. The van der Waals surface area contributed by atoms with Gasteiger partial charge in [-0.2, -0.15) is 15.0 Å². The van der Waals surface area contributed by atoms with Crippen LogP contribution in [0.2, 0.25) is 15.6 Å². The van der Waals surface area contributed by atoms with E-state index in [4.69, 9.17) is 34.8 Å². The number of anilines is 2. The van der Waals surface area contributed by atoms with E-state index in [1.54, 1.807) is 12.1 Å². The van der Waals surface area contributed by atoms with Gasteiger partial charge in [0.05, 0.1) is 10.7 Å². The Hall–Kier alpha value is -1.28. The number of hydrogen-bond acceptors (Lipinski definition) is 6. The molecule has 0 spiro atoms. The number of para-hydroxylation sites is 1. The number of nitrogens with zero attached hydrogens (tertiary/aromatic N) is 4. The lowest BCUT2D eigenvalue weighted by Gasteiger charge is -2.18. The molecule has 1 amide bonds. The summed E-state index contributed by atoms with van der Waals surface area (Å²) in [4.78, 5) is 24.8. The zero-order chi connectivity index (χ0) is 20.4. The van der Waals surface area contributed by atoms with E-state index in [1.807, 2.05) is 24.0 Å². The fourth-order valence-corrected chi connectivity index (χ4v) is 3.69. The Labute approximate surface area is 184 Å². The maximum absolute atomic E-state index is 11.4. The van der Waals surface area contributed by atoms with Gasteiger partial charge in [0.1, 0.15) is 0 Å². The van der Waals surface area contributed by atoms with Crippen molar-refractivity contribution in [3.63, 3.8) is 0 Å². The number of hydrogen-bond donors (Lipinski definition) is 1. The van der Waals surface area contributed by atoms with Crippen LogP contribution in [-0.4, -0.2) is 43.9 Å². The van der Waals surface area contributed by atoms with E-state index < -0.39 is 0 Å². The number of carbonyl (C=O) groups is 1. The van der Waals surface area contributed by atoms with Crippen molar-refractivity contribution in [2.45, 2.75) is 32.6 Å². The molecule has 1 aliphatic heterocycles. The average molecular weight is 463 g/mol. The summed E-state index contributed by atoms with van der Waals surface area (Å²) < 4.78 is 0. The topological polar surface area (TPSA) is 71.0 Å². The van der Waals surface area contributed by atoms with Gasteiger partial charge in [-0.25, -0.2) is 0 Å². The van der Waals surface area contributed by atoms with E-state index in [-0.39, 0.29) is 21.8 Å². The number of benzene rings is 1. The lowest BCUT2D eigenvalue weighted by atomic mass is 10.2. The number of halogens is 3. The predicted molar refractivity (Wildman–Crippen MR) is 118 cm³/mol. The quantitative estimate of drug-likeness (QED) is 0.576. The van der Waals surface area contributed by atoms with Gasteiger partial charge in [-0.1, -0.05) is 55.3 Å². The van der Waals surface area contributed by atoms with E-state index in [2.05, 4.69) is 20.3 Å². The molecular formula is C18H22Cl3N5OS. The van der Waals surface area contributed by atoms with Crippen molar-refractivity contribution in [2.75, 3.05) is 24.2 Å². The van der Waals surface area contributed by atoms with Crippen LogP contribution in [0.5, 0.6) is 0 Å². The van der Waals surface area contributed by atoms with Crippen molar-refractivity contribution in [1.82, 2.24) is 19.9 Å². The van der Waals surface area contributed by atoms with Crippen LogP contribution in [0.15, 0.2) is 24.3 Å². The SMILES string of the molecule is CCSC(=O)N1CCCCCC1.Clc1nc(Cl)nc(Nc2ccccc2Cl)n1. The van der Waals surface area contributed by atoms with Crippen LogP contribution < -0.4 is 5.32 Å². The summed E-state index contributed by atoms with van der Waals surface area (Å²) in [6, 6.07) is 7.18. The van der Waals surface area contributed by atoms with E-state index >= 15 is 0 Å². The van der Waals surface area contributed by atoms with E-state index in [9.17, 15) is 4.79 Å². The van der Waals surface area contributed by atoms with Crippen LogP contribution in [0.25, 0.3) is 0 Å². The molecule has 1 aromatic carbocycles. The van der Waals surface area contributed by atoms with Crippen LogP contribution in [-0.2, 0) is 0 Å². The maximum atomic E-state index is 11.4. The maximum Gasteiger partial charge on any atom is 0.281 e. The van der Waals surface area contributed by atoms with Crippen molar-refractivity contribution >= 4 is 63.4 Å². The summed E-state index contributed by atoms with van der Waals surface area (Å²) in [5, 5.41) is 3.76. The summed E-state index contributed by atoms with van der Waals surface area (Å²) in [5.41, 5.74) is 0.669. The number of carbonyl (C=O) groups excluding carboxylic acids is 1. The number of nitrogens with one attached hydrogen (secondary N) is 1. The molecule has 2 heterocycles. The minimum atomic E-state index is 0.0227. The van der Waals surface area contributed by atoms with Gasteiger partial charge in [-0.3, -0.25) is 4.79 Å². The first-order chi connectivity index (χ1) is 13.5. The zero-order valence-corrected chi connectivity index (χ0v) is 18.6. The summed E-state index contributed by atoms with van der Waals surface area (Å²) in [6.45, 7) is 3.98. The lowest BCUT2D eigenvalue weighted by Crippen LogP contribution is -2.28. The Balaban J connectivity index is 0.000000209. The number of thioether (sulfide) groups is 1. The Morgan fingerprint density at radius 3 is 2.21 bits per heavy atom. The summed E-state index contributed by atoms with van der Waals surface area (Å²) in [6.07, 6.45) is 4.97. The van der Waals surface area contributed by atoms with E-state index in [0.717, 1.165) is 18.8 Å². The third-order valence-corrected chi connectivity index (χ3v) is 5.29. The van der Waals surface area contributed by atoms with Crippen molar-refractivity contribution in [3.05, 3.63) is 39.9 Å². The molecule has 0 unspecified atom stereocenters. The van der Waals surface area contributed by atoms with Gasteiger partial charge < -0.3 is 10.2 Å². The number of aromatic nitrogens is 3. The highest BCUT2D eigenvalue weighted by molar-refractivity contribution is 8.13. The van der Waals surface area contributed by atoms with E-state index in [0.29, 0.717) is 10.7 Å². The van der Waals surface area contributed by atoms with Crippen LogP contribution in [0, 0.1) is 0 Å². The van der Waals surface area contributed by atoms with Crippen molar-refractivity contribution in [3.8, 4) is 0 Å². The standard InChI is InChI=1S/C9H5Cl3N4.C9H17NOS/c10-5-3-1-2-4-6(5)13-9-15-7(11)14-8(12)16-9;1-2-12-9(11)10-7-5-3-4-6-8-10/h1-4H,(H,13,14,15,16);2-8H2,1H3. The van der Waals surface area contributed by atoms with Gasteiger partial charge in [-0.05, 0) is 53.9 Å². The first kappa shape index (κ1) is 23.0. The summed E-state index contributed by atoms with van der Waals surface area (Å²) >= 11 is 18.7. The van der Waals surface area contributed by atoms with Crippen LogP contribution in [0.1, 0.15) is 32.6 Å². The van der Waals surface area contributed by atoms with Gasteiger partial charge in [-0.15, -0.1) is 0 Å². The summed E-state index contributed by atoms with van der Waals surface area (Å²) in [5.74, 6) is 1.15. The number of amides is 1.